The van der Waals surface area contributed by atoms with E-state index in [0.29, 0.717) is 24.1 Å². The number of aromatic carboxylic acids is 1. The minimum Gasteiger partial charge on any atom is -0.475 e. The summed E-state index contributed by atoms with van der Waals surface area (Å²) >= 11 is 0. The van der Waals surface area contributed by atoms with Gasteiger partial charge in [-0.25, -0.2) is 4.79 Å². The molecule has 2 rings (SSSR count). The van der Waals surface area contributed by atoms with Gasteiger partial charge in [-0.2, -0.15) is 4.98 Å². The van der Waals surface area contributed by atoms with Gasteiger partial charge in [-0.1, -0.05) is 6.92 Å². The van der Waals surface area contributed by atoms with Crippen molar-refractivity contribution in [2.24, 2.45) is 11.8 Å². The van der Waals surface area contributed by atoms with Crippen LogP contribution in [-0.4, -0.2) is 34.3 Å². The Labute approximate surface area is 99.4 Å². The van der Waals surface area contributed by atoms with Crippen molar-refractivity contribution in [2.45, 2.75) is 26.2 Å². The Bertz CT molecular complexity index is 385. The predicted octanol–water partition coefficient (Wildman–Crippen LogP) is 0.946. The molecule has 0 amide bonds. The highest BCUT2D eigenvalue weighted by Crippen LogP contribution is 2.22. The largest absolute Gasteiger partial charge is 0.475 e. The lowest BCUT2D eigenvalue weighted by molar-refractivity contribution is 0.0680. The molecule has 6 heteroatoms. The molecule has 0 aromatic carbocycles. The zero-order chi connectivity index (χ0) is 12.3. The van der Waals surface area contributed by atoms with Crippen LogP contribution in [0, 0.1) is 11.8 Å². The van der Waals surface area contributed by atoms with Crippen LogP contribution in [0.25, 0.3) is 0 Å². The molecule has 0 aliphatic carbocycles. The lowest BCUT2D eigenvalue weighted by atomic mass is 9.85. The zero-order valence-electron chi connectivity index (χ0n) is 9.85. The highest BCUT2D eigenvalue weighted by atomic mass is 16.5. The summed E-state index contributed by atoms with van der Waals surface area (Å²) in [6.07, 6.45) is 3.04. The van der Waals surface area contributed by atoms with Gasteiger partial charge < -0.3 is 14.9 Å². The highest BCUT2D eigenvalue weighted by Gasteiger charge is 2.22. The van der Waals surface area contributed by atoms with Gasteiger partial charge in [0.2, 0.25) is 5.89 Å². The van der Waals surface area contributed by atoms with Crippen molar-refractivity contribution in [2.75, 3.05) is 13.1 Å². The molecule has 0 bridgehead atoms. The summed E-state index contributed by atoms with van der Waals surface area (Å²) in [6, 6.07) is 0. The topological polar surface area (TPSA) is 88.2 Å². The van der Waals surface area contributed by atoms with Crippen LogP contribution in [0.15, 0.2) is 4.52 Å². The Morgan fingerprint density at radius 1 is 1.71 bits per heavy atom. The van der Waals surface area contributed by atoms with Crippen molar-refractivity contribution in [3.63, 3.8) is 0 Å². The van der Waals surface area contributed by atoms with Crippen molar-refractivity contribution < 1.29 is 14.4 Å². The molecule has 0 spiro atoms. The number of piperidine rings is 1. The zero-order valence-corrected chi connectivity index (χ0v) is 9.85. The molecule has 2 N–H and O–H groups in total. The van der Waals surface area contributed by atoms with Crippen LogP contribution in [0.1, 0.15) is 36.3 Å². The van der Waals surface area contributed by atoms with E-state index < -0.39 is 5.97 Å². The Balaban J connectivity index is 1.92. The van der Waals surface area contributed by atoms with Gasteiger partial charge in [-0.15, -0.1) is 0 Å². The van der Waals surface area contributed by atoms with Crippen LogP contribution in [0.4, 0.5) is 0 Å². The fourth-order valence-electron chi connectivity index (χ4n) is 2.23. The number of aromatic nitrogens is 2. The maximum absolute atomic E-state index is 10.6. The molecule has 1 aromatic heterocycles. The number of rotatable bonds is 4. The SMILES string of the molecule is CC(Cc1nc(C(=O)O)no1)C1CCCNC1. The van der Waals surface area contributed by atoms with E-state index in [1.165, 1.54) is 12.8 Å². The fourth-order valence-corrected chi connectivity index (χ4v) is 2.23. The summed E-state index contributed by atoms with van der Waals surface area (Å²) in [5.74, 6) is 0.0373. The molecule has 1 aliphatic rings. The first-order chi connectivity index (χ1) is 8.16. The standard InChI is InChI=1S/C11H17N3O3/c1-7(8-3-2-4-12-6-8)5-9-13-10(11(15)16)14-17-9/h7-8,12H,2-6H2,1H3,(H,15,16). The predicted molar refractivity (Wildman–Crippen MR) is 59.7 cm³/mol. The van der Waals surface area contributed by atoms with Gasteiger partial charge in [0.1, 0.15) is 0 Å². The monoisotopic (exact) mass is 239 g/mol. The summed E-state index contributed by atoms with van der Waals surface area (Å²) in [5.41, 5.74) is 0. The number of carboxylic acids is 1. The maximum atomic E-state index is 10.6. The fraction of sp³-hybridized carbons (Fsp3) is 0.727. The summed E-state index contributed by atoms with van der Waals surface area (Å²) in [5, 5.41) is 15.5. The number of carbonyl (C=O) groups is 1. The van der Waals surface area contributed by atoms with E-state index in [9.17, 15) is 4.79 Å². The molecule has 1 saturated heterocycles. The van der Waals surface area contributed by atoms with Crippen LogP contribution < -0.4 is 5.32 Å². The van der Waals surface area contributed by atoms with E-state index in [4.69, 9.17) is 9.63 Å². The molecule has 2 unspecified atom stereocenters. The quantitative estimate of drug-likeness (QED) is 0.813. The number of nitrogens with zero attached hydrogens (tertiary/aromatic N) is 2. The lowest BCUT2D eigenvalue weighted by Crippen LogP contribution is -2.33. The number of carboxylic acid groups (broad SMARTS) is 1. The highest BCUT2D eigenvalue weighted by molar-refractivity contribution is 5.82. The van der Waals surface area contributed by atoms with E-state index in [0.717, 1.165) is 13.1 Å². The third-order valence-electron chi connectivity index (χ3n) is 3.30. The normalized spacial score (nSPS) is 22.3. The van der Waals surface area contributed by atoms with Gasteiger partial charge in [0.25, 0.3) is 5.82 Å². The third-order valence-corrected chi connectivity index (χ3v) is 3.30. The second-order valence-electron chi connectivity index (χ2n) is 4.60. The number of nitrogens with one attached hydrogen (secondary N) is 1. The summed E-state index contributed by atoms with van der Waals surface area (Å²) in [6.45, 7) is 4.25. The van der Waals surface area contributed by atoms with Crippen LogP contribution in [0.2, 0.25) is 0 Å². The van der Waals surface area contributed by atoms with Crippen molar-refractivity contribution in [3.05, 3.63) is 11.7 Å². The van der Waals surface area contributed by atoms with E-state index in [-0.39, 0.29) is 5.82 Å². The Morgan fingerprint density at radius 3 is 3.12 bits per heavy atom. The van der Waals surface area contributed by atoms with E-state index in [1.807, 2.05) is 0 Å². The smallest absolute Gasteiger partial charge is 0.377 e. The minimum absolute atomic E-state index is 0.256. The molecular formula is C11H17N3O3. The molecule has 94 valence electrons. The van der Waals surface area contributed by atoms with Gasteiger partial charge in [0.15, 0.2) is 0 Å². The van der Waals surface area contributed by atoms with Gasteiger partial charge in [-0.05, 0) is 42.9 Å². The maximum Gasteiger partial charge on any atom is 0.377 e. The molecule has 2 heterocycles. The van der Waals surface area contributed by atoms with Crippen LogP contribution >= 0.6 is 0 Å². The minimum atomic E-state index is -1.15. The summed E-state index contributed by atoms with van der Waals surface area (Å²) < 4.78 is 4.93. The Hall–Kier alpha value is -1.43. The molecule has 1 aromatic rings. The van der Waals surface area contributed by atoms with Crippen molar-refractivity contribution in [1.29, 1.82) is 0 Å². The average Bonchev–Trinajstić information content (AvgIpc) is 2.79. The number of hydrogen-bond donors (Lipinski definition) is 2. The van der Waals surface area contributed by atoms with Gasteiger partial charge in [0, 0.05) is 6.42 Å². The van der Waals surface area contributed by atoms with E-state index in [1.54, 1.807) is 0 Å². The Morgan fingerprint density at radius 2 is 2.53 bits per heavy atom. The summed E-state index contributed by atoms with van der Waals surface area (Å²) in [4.78, 5) is 14.5. The molecule has 0 radical (unpaired) electrons. The van der Waals surface area contributed by atoms with E-state index in [2.05, 4.69) is 22.4 Å². The first-order valence-corrected chi connectivity index (χ1v) is 5.93. The third kappa shape index (κ3) is 3.03. The average molecular weight is 239 g/mol. The van der Waals surface area contributed by atoms with Crippen molar-refractivity contribution in [1.82, 2.24) is 15.5 Å². The number of hydrogen-bond acceptors (Lipinski definition) is 5. The first-order valence-electron chi connectivity index (χ1n) is 5.93. The first kappa shape index (κ1) is 12.0. The molecule has 1 aliphatic heterocycles. The van der Waals surface area contributed by atoms with Crippen LogP contribution in [-0.2, 0) is 6.42 Å². The molecule has 2 atom stereocenters. The van der Waals surface area contributed by atoms with Crippen LogP contribution in [0.5, 0.6) is 0 Å². The second kappa shape index (κ2) is 5.27. The van der Waals surface area contributed by atoms with E-state index >= 15 is 0 Å². The van der Waals surface area contributed by atoms with Gasteiger partial charge >= 0.3 is 5.97 Å². The van der Waals surface area contributed by atoms with Gasteiger partial charge in [0.05, 0.1) is 0 Å². The van der Waals surface area contributed by atoms with Crippen LogP contribution in [0.3, 0.4) is 0 Å². The molecule has 6 nitrogen and oxygen atoms in total. The van der Waals surface area contributed by atoms with Crippen molar-refractivity contribution >= 4 is 5.97 Å². The molecule has 0 saturated carbocycles. The summed E-state index contributed by atoms with van der Waals surface area (Å²) in [7, 11) is 0. The molecular weight excluding hydrogens is 222 g/mol. The van der Waals surface area contributed by atoms with Crippen molar-refractivity contribution in [3.8, 4) is 0 Å². The Kier molecular flexibility index (Phi) is 3.73. The molecule has 17 heavy (non-hydrogen) atoms. The van der Waals surface area contributed by atoms with Gasteiger partial charge in [-0.3, -0.25) is 0 Å². The lowest BCUT2D eigenvalue weighted by Gasteiger charge is -2.27. The molecule has 1 fully saturated rings. The second-order valence-corrected chi connectivity index (χ2v) is 4.60.